The van der Waals surface area contributed by atoms with E-state index in [2.05, 4.69) is 0 Å². The van der Waals surface area contributed by atoms with E-state index >= 15 is 0 Å². The van der Waals surface area contributed by atoms with E-state index < -0.39 is 18.3 Å². The lowest BCUT2D eigenvalue weighted by Crippen LogP contribution is -2.46. The molecule has 0 heterocycles. The Labute approximate surface area is 96.5 Å². The molecule has 0 aliphatic heterocycles. The number of alkyl halides is 4. The van der Waals surface area contributed by atoms with Crippen LogP contribution in [-0.2, 0) is 9.53 Å². The minimum atomic E-state index is -4.61. The molecule has 0 aromatic heterocycles. The molecule has 1 saturated carbocycles. The normalized spacial score (nSPS) is 18.2. The Kier molecular flexibility index (Phi) is 4.35. The van der Waals surface area contributed by atoms with Crippen molar-refractivity contribution >= 4 is 5.91 Å². The molecule has 0 aromatic carbocycles. The average Bonchev–Trinajstić information content (AvgIpc) is 3.03. The first-order valence-electron chi connectivity index (χ1n) is 5.27. The Morgan fingerprint density at radius 1 is 1.47 bits per heavy atom. The third-order valence-electron chi connectivity index (χ3n) is 2.99. The van der Waals surface area contributed by atoms with Gasteiger partial charge in [0.05, 0.1) is 0 Å². The van der Waals surface area contributed by atoms with Gasteiger partial charge < -0.3 is 10.1 Å². The number of methoxy groups -OCH3 is 1. The summed E-state index contributed by atoms with van der Waals surface area (Å²) in [6.45, 7) is 0.457. The van der Waals surface area contributed by atoms with Crippen LogP contribution in [0.3, 0.4) is 0 Å². The topological polar surface area (TPSA) is 38.3 Å². The summed E-state index contributed by atoms with van der Waals surface area (Å²) in [5, 5.41) is 1.89. The van der Waals surface area contributed by atoms with Crippen molar-refractivity contribution in [2.24, 2.45) is 5.41 Å². The van der Waals surface area contributed by atoms with Gasteiger partial charge in [0.1, 0.15) is 0 Å². The molecule has 0 aromatic rings. The van der Waals surface area contributed by atoms with Crippen LogP contribution in [0.5, 0.6) is 0 Å². The first-order chi connectivity index (χ1) is 7.84. The summed E-state index contributed by atoms with van der Waals surface area (Å²) in [5.41, 5.74) is -0.246. The molecule has 1 N–H and O–H groups in total. The molecule has 0 spiro atoms. The zero-order valence-electron chi connectivity index (χ0n) is 9.44. The molecule has 1 rings (SSSR count). The van der Waals surface area contributed by atoms with Gasteiger partial charge in [0.15, 0.2) is 0 Å². The predicted molar refractivity (Wildman–Crippen MR) is 52.1 cm³/mol. The van der Waals surface area contributed by atoms with Gasteiger partial charge in [-0.05, 0) is 24.7 Å². The molecule has 0 saturated heterocycles. The van der Waals surface area contributed by atoms with E-state index in [0.717, 1.165) is 12.8 Å². The van der Waals surface area contributed by atoms with Crippen LogP contribution in [0.4, 0.5) is 17.6 Å². The van der Waals surface area contributed by atoms with Crippen LogP contribution in [0.2, 0.25) is 0 Å². The fraction of sp³-hybridized carbons (Fsp3) is 0.900. The highest BCUT2D eigenvalue weighted by molar-refractivity contribution is 5.83. The van der Waals surface area contributed by atoms with Crippen molar-refractivity contribution in [2.45, 2.75) is 31.6 Å². The van der Waals surface area contributed by atoms with E-state index in [1.807, 2.05) is 5.32 Å². The monoisotopic (exact) mass is 257 g/mol. The van der Waals surface area contributed by atoms with Crippen LogP contribution >= 0.6 is 0 Å². The van der Waals surface area contributed by atoms with Crippen LogP contribution in [-0.4, -0.2) is 38.5 Å². The summed E-state index contributed by atoms with van der Waals surface area (Å²) in [7, 11) is 1.51. The van der Waals surface area contributed by atoms with Crippen molar-refractivity contribution in [3.63, 3.8) is 0 Å². The molecular weight excluding hydrogens is 242 g/mol. The number of carbonyl (C=O) groups is 1. The van der Waals surface area contributed by atoms with Crippen molar-refractivity contribution < 1.29 is 27.1 Å². The van der Waals surface area contributed by atoms with E-state index in [1.165, 1.54) is 7.11 Å². The zero-order valence-corrected chi connectivity index (χ0v) is 9.44. The largest absolute Gasteiger partial charge is 0.385 e. The van der Waals surface area contributed by atoms with E-state index in [0.29, 0.717) is 13.0 Å². The van der Waals surface area contributed by atoms with Crippen molar-refractivity contribution in [2.75, 3.05) is 20.3 Å². The Morgan fingerprint density at radius 3 is 2.47 bits per heavy atom. The number of rotatable bonds is 7. The molecule has 1 fully saturated rings. The van der Waals surface area contributed by atoms with E-state index in [1.54, 1.807) is 0 Å². The Morgan fingerprint density at radius 2 is 2.06 bits per heavy atom. The van der Waals surface area contributed by atoms with E-state index in [4.69, 9.17) is 4.74 Å². The molecule has 1 aliphatic rings. The molecule has 0 atom stereocenters. The number of amides is 1. The molecule has 3 nitrogen and oxygen atoms in total. The summed E-state index contributed by atoms with van der Waals surface area (Å²) in [4.78, 5) is 10.9. The highest BCUT2D eigenvalue weighted by Crippen LogP contribution is 2.48. The van der Waals surface area contributed by atoms with Crippen molar-refractivity contribution in [3.05, 3.63) is 0 Å². The number of hydrogen-bond acceptors (Lipinski definition) is 2. The van der Waals surface area contributed by atoms with E-state index in [9.17, 15) is 22.4 Å². The van der Waals surface area contributed by atoms with Crippen molar-refractivity contribution in [3.8, 4) is 0 Å². The SMILES string of the molecule is COCCC1(CNC(=O)C(F)(F)C(F)F)CC1. The van der Waals surface area contributed by atoms with Gasteiger partial charge in [0.25, 0.3) is 5.91 Å². The predicted octanol–water partition coefficient (Wildman–Crippen LogP) is 1.82. The number of ether oxygens (including phenoxy) is 1. The summed E-state index contributed by atoms with van der Waals surface area (Å²) < 4.78 is 53.8. The maximum Gasteiger partial charge on any atom is 0.383 e. The van der Waals surface area contributed by atoms with Crippen LogP contribution < -0.4 is 5.32 Å². The van der Waals surface area contributed by atoms with Gasteiger partial charge in [-0.3, -0.25) is 4.79 Å². The standard InChI is InChI=1S/C10H15F4NO2/c1-17-5-4-9(2-3-9)6-15-8(16)10(13,14)7(11)12/h7H,2-6H2,1H3,(H,15,16). The highest BCUT2D eigenvalue weighted by Gasteiger charge is 2.50. The highest BCUT2D eigenvalue weighted by atomic mass is 19.3. The quantitative estimate of drug-likeness (QED) is 0.706. The maximum atomic E-state index is 12.6. The molecule has 0 radical (unpaired) electrons. The number of halogens is 4. The van der Waals surface area contributed by atoms with Crippen LogP contribution in [0.1, 0.15) is 19.3 Å². The minimum absolute atomic E-state index is 0.00248. The molecule has 100 valence electrons. The maximum absolute atomic E-state index is 12.6. The lowest BCUT2D eigenvalue weighted by Gasteiger charge is -2.19. The molecular formula is C10H15F4NO2. The van der Waals surface area contributed by atoms with Gasteiger partial charge in [-0.1, -0.05) is 0 Å². The van der Waals surface area contributed by atoms with Crippen molar-refractivity contribution in [1.29, 1.82) is 0 Å². The van der Waals surface area contributed by atoms with Gasteiger partial charge in [-0.15, -0.1) is 0 Å². The number of hydrogen-bond donors (Lipinski definition) is 1. The molecule has 0 bridgehead atoms. The second kappa shape index (κ2) is 5.20. The first kappa shape index (κ1) is 14.2. The fourth-order valence-electron chi connectivity index (χ4n) is 1.50. The summed E-state index contributed by atoms with van der Waals surface area (Å²) in [6.07, 6.45) is -1.77. The number of carbonyl (C=O) groups excluding carboxylic acids is 1. The minimum Gasteiger partial charge on any atom is -0.385 e. The van der Waals surface area contributed by atoms with Crippen LogP contribution in [0.15, 0.2) is 0 Å². The van der Waals surface area contributed by atoms with E-state index in [-0.39, 0.29) is 12.0 Å². The van der Waals surface area contributed by atoms with Crippen LogP contribution in [0.25, 0.3) is 0 Å². The van der Waals surface area contributed by atoms with Gasteiger partial charge >= 0.3 is 12.3 Å². The second-order valence-electron chi connectivity index (χ2n) is 4.35. The smallest absolute Gasteiger partial charge is 0.383 e. The number of nitrogens with one attached hydrogen (secondary N) is 1. The van der Waals surface area contributed by atoms with Crippen molar-refractivity contribution in [1.82, 2.24) is 5.32 Å². The fourth-order valence-corrected chi connectivity index (χ4v) is 1.50. The first-order valence-corrected chi connectivity index (χ1v) is 5.27. The molecule has 7 heteroatoms. The average molecular weight is 257 g/mol. The Bertz CT molecular complexity index is 279. The lowest BCUT2D eigenvalue weighted by atomic mass is 10.0. The molecule has 0 unspecified atom stereocenters. The second-order valence-corrected chi connectivity index (χ2v) is 4.35. The third kappa shape index (κ3) is 3.55. The van der Waals surface area contributed by atoms with Gasteiger partial charge in [-0.2, -0.15) is 8.78 Å². The van der Waals surface area contributed by atoms with Gasteiger partial charge in [0.2, 0.25) is 0 Å². The van der Waals surface area contributed by atoms with Crippen LogP contribution in [0, 0.1) is 5.41 Å². The summed E-state index contributed by atoms with van der Waals surface area (Å²) >= 11 is 0. The Balaban J connectivity index is 2.38. The summed E-state index contributed by atoms with van der Waals surface area (Å²) in [5.74, 6) is -6.52. The third-order valence-corrected chi connectivity index (χ3v) is 2.99. The lowest BCUT2D eigenvalue weighted by molar-refractivity contribution is -0.169. The zero-order chi connectivity index (χ0) is 13.1. The molecule has 1 aliphatic carbocycles. The Hall–Kier alpha value is -0.850. The summed E-state index contributed by atoms with van der Waals surface area (Å²) in [6, 6.07) is 0. The van der Waals surface area contributed by atoms with Gasteiger partial charge in [-0.25, -0.2) is 8.78 Å². The molecule has 1 amide bonds. The molecule has 17 heavy (non-hydrogen) atoms. The van der Waals surface area contributed by atoms with Gasteiger partial charge in [0, 0.05) is 20.3 Å².